The second-order valence-corrected chi connectivity index (χ2v) is 4.69. The van der Waals surface area contributed by atoms with Crippen LogP contribution < -0.4 is 4.74 Å². The van der Waals surface area contributed by atoms with E-state index in [2.05, 4.69) is 6.92 Å². The van der Waals surface area contributed by atoms with Gasteiger partial charge >= 0.3 is 0 Å². The molecule has 0 spiro atoms. The lowest BCUT2D eigenvalue weighted by atomic mass is 10.0. The van der Waals surface area contributed by atoms with Gasteiger partial charge in [-0.25, -0.2) is 4.39 Å². The van der Waals surface area contributed by atoms with E-state index >= 15 is 0 Å². The van der Waals surface area contributed by atoms with Gasteiger partial charge in [0.05, 0.1) is 0 Å². The normalized spacial score (nSPS) is 11.6. The van der Waals surface area contributed by atoms with Crippen molar-refractivity contribution in [1.82, 2.24) is 0 Å². The zero-order valence-corrected chi connectivity index (χ0v) is 10.6. The van der Waals surface area contributed by atoms with E-state index in [1.54, 1.807) is 6.07 Å². The molecule has 1 aromatic rings. The Morgan fingerprint density at radius 3 is 2.50 bits per heavy atom. The van der Waals surface area contributed by atoms with Gasteiger partial charge in [0.15, 0.2) is 11.6 Å². The molecule has 2 heteroatoms. The number of ether oxygens (including phenoxy) is 1. The van der Waals surface area contributed by atoms with Gasteiger partial charge in [-0.05, 0) is 38.3 Å². The second kappa shape index (κ2) is 5.33. The standard InChI is InChI=1S/C14H21FO/c1-5-8-11-9-7-10-12(15)13(11)16-14(3,4)6-2/h7,9-10H,5-6,8H2,1-4H3. The average Bonchev–Trinajstić information content (AvgIpc) is 2.24. The van der Waals surface area contributed by atoms with Gasteiger partial charge in [0.2, 0.25) is 0 Å². The minimum atomic E-state index is -0.315. The predicted octanol–water partition coefficient (Wildman–Crippen LogP) is 4.35. The fraction of sp³-hybridized carbons (Fsp3) is 0.571. The molecule has 90 valence electrons. The van der Waals surface area contributed by atoms with Gasteiger partial charge in [0, 0.05) is 0 Å². The van der Waals surface area contributed by atoms with Crippen LogP contribution in [0.15, 0.2) is 18.2 Å². The minimum absolute atomic E-state index is 0.257. The van der Waals surface area contributed by atoms with E-state index < -0.39 is 0 Å². The topological polar surface area (TPSA) is 9.23 Å². The Labute approximate surface area is 97.6 Å². The van der Waals surface area contributed by atoms with Gasteiger partial charge in [-0.3, -0.25) is 0 Å². The number of aryl methyl sites for hydroxylation is 1. The maximum Gasteiger partial charge on any atom is 0.165 e. The van der Waals surface area contributed by atoms with Crippen LogP contribution in [0.25, 0.3) is 0 Å². The molecule has 1 aromatic carbocycles. The molecule has 1 rings (SSSR count). The molecule has 0 radical (unpaired) electrons. The van der Waals surface area contributed by atoms with Crippen molar-refractivity contribution >= 4 is 0 Å². The first-order valence-electron chi connectivity index (χ1n) is 5.96. The highest BCUT2D eigenvalue weighted by molar-refractivity contribution is 5.35. The summed E-state index contributed by atoms with van der Waals surface area (Å²) in [4.78, 5) is 0. The smallest absolute Gasteiger partial charge is 0.165 e. The molecule has 0 heterocycles. The third-order valence-electron chi connectivity index (χ3n) is 2.80. The summed E-state index contributed by atoms with van der Waals surface area (Å²) in [6, 6.07) is 5.14. The molecule has 0 bridgehead atoms. The van der Waals surface area contributed by atoms with Crippen LogP contribution in [0.4, 0.5) is 4.39 Å². The first kappa shape index (κ1) is 13.0. The number of hydrogen-bond donors (Lipinski definition) is 0. The van der Waals surface area contributed by atoms with Gasteiger partial charge in [0.1, 0.15) is 5.60 Å². The summed E-state index contributed by atoms with van der Waals surface area (Å²) < 4.78 is 19.5. The van der Waals surface area contributed by atoms with E-state index in [1.807, 2.05) is 26.8 Å². The average molecular weight is 224 g/mol. The van der Waals surface area contributed by atoms with Crippen molar-refractivity contribution < 1.29 is 9.13 Å². The maximum atomic E-state index is 13.7. The van der Waals surface area contributed by atoms with E-state index in [0.29, 0.717) is 5.75 Å². The Morgan fingerprint density at radius 1 is 1.25 bits per heavy atom. The summed E-state index contributed by atoms with van der Waals surface area (Å²) >= 11 is 0. The van der Waals surface area contributed by atoms with Gasteiger partial charge < -0.3 is 4.74 Å². The summed E-state index contributed by atoms with van der Waals surface area (Å²) in [5, 5.41) is 0. The zero-order chi connectivity index (χ0) is 12.2. The zero-order valence-electron chi connectivity index (χ0n) is 10.6. The van der Waals surface area contributed by atoms with Gasteiger partial charge in [-0.15, -0.1) is 0 Å². The molecule has 0 aliphatic rings. The van der Waals surface area contributed by atoms with Crippen LogP contribution in [0.2, 0.25) is 0 Å². The number of para-hydroxylation sites is 1. The Bertz CT molecular complexity index is 345. The predicted molar refractivity (Wildman–Crippen MR) is 65.4 cm³/mol. The lowest BCUT2D eigenvalue weighted by Crippen LogP contribution is -2.27. The first-order valence-corrected chi connectivity index (χ1v) is 5.96. The van der Waals surface area contributed by atoms with Gasteiger partial charge in [-0.2, -0.15) is 0 Å². The number of rotatable bonds is 5. The largest absolute Gasteiger partial charge is 0.485 e. The Balaban J connectivity index is 3.01. The number of halogens is 1. The van der Waals surface area contributed by atoms with Crippen molar-refractivity contribution in [3.63, 3.8) is 0 Å². The van der Waals surface area contributed by atoms with Crippen LogP contribution in [-0.2, 0) is 6.42 Å². The summed E-state index contributed by atoms with van der Waals surface area (Å²) in [5.74, 6) is 0.170. The third kappa shape index (κ3) is 3.22. The Hall–Kier alpha value is -1.05. The summed E-state index contributed by atoms with van der Waals surface area (Å²) in [6.07, 6.45) is 2.70. The van der Waals surface area contributed by atoms with Crippen molar-refractivity contribution in [2.75, 3.05) is 0 Å². The molecule has 16 heavy (non-hydrogen) atoms. The number of benzene rings is 1. The molecule has 0 aromatic heterocycles. The second-order valence-electron chi connectivity index (χ2n) is 4.69. The molecule has 0 amide bonds. The highest BCUT2D eigenvalue weighted by Crippen LogP contribution is 2.28. The van der Waals surface area contributed by atoms with Crippen molar-refractivity contribution in [1.29, 1.82) is 0 Å². The molecule has 0 unspecified atom stereocenters. The molecule has 1 nitrogen and oxygen atoms in total. The fourth-order valence-corrected chi connectivity index (χ4v) is 1.48. The first-order chi connectivity index (χ1) is 7.50. The van der Waals surface area contributed by atoms with Gasteiger partial charge in [-0.1, -0.05) is 32.4 Å². The molecular weight excluding hydrogens is 203 g/mol. The minimum Gasteiger partial charge on any atom is -0.485 e. The molecule has 0 saturated carbocycles. The SMILES string of the molecule is CCCc1cccc(F)c1OC(C)(C)CC. The molecular formula is C14H21FO. The van der Waals surface area contributed by atoms with Crippen molar-refractivity contribution in [2.24, 2.45) is 0 Å². The van der Waals surface area contributed by atoms with Crippen LogP contribution in [-0.4, -0.2) is 5.60 Å². The summed E-state index contributed by atoms with van der Waals surface area (Å²) in [7, 11) is 0. The lowest BCUT2D eigenvalue weighted by Gasteiger charge is -2.26. The van der Waals surface area contributed by atoms with Crippen LogP contribution in [0.3, 0.4) is 0 Å². The highest BCUT2D eigenvalue weighted by Gasteiger charge is 2.20. The molecule has 0 atom stereocenters. The van der Waals surface area contributed by atoms with Crippen molar-refractivity contribution in [2.45, 2.75) is 52.6 Å². The highest BCUT2D eigenvalue weighted by atomic mass is 19.1. The third-order valence-corrected chi connectivity index (χ3v) is 2.80. The molecule has 0 saturated heterocycles. The maximum absolute atomic E-state index is 13.7. The van der Waals surface area contributed by atoms with Crippen LogP contribution >= 0.6 is 0 Å². The van der Waals surface area contributed by atoms with Crippen LogP contribution in [0, 0.1) is 5.82 Å². The summed E-state index contributed by atoms with van der Waals surface area (Å²) in [5.41, 5.74) is 0.647. The van der Waals surface area contributed by atoms with E-state index in [9.17, 15) is 4.39 Å². The Kier molecular flexibility index (Phi) is 4.34. The van der Waals surface area contributed by atoms with Crippen LogP contribution in [0.1, 0.15) is 46.1 Å². The van der Waals surface area contributed by atoms with Gasteiger partial charge in [0.25, 0.3) is 0 Å². The monoisotopic (exact) mass is 224 g/mol. The van der Waals surface area contributed by atoms with E-state index in [1.165, 1.54) is 6.07 Å². The summed E-state index contributed by atoms with van der Waals surface area (Å²) in [6.45, 7) is 8.09. The van der Waals surface area contributed by atoms with Crippen molar-refractivity contribution in [3.05, 3.63) is 29.6 Å². The van der Waals surface area contributed by atoms with Crippen molar-refractivity contribution in [3.8, 4) is 5.75 Å². The fourth-order valence-electron chi connectivity index (χ4n) is 1.48. The molecule has 0 fully saturated rings. The van der Waals surface area contributed by atoms with E-state index in [-0.39, 0.29) is 11.4 Å². The quantitative estimate of drug-likeness (QED) is 0.722. The number of hydrogen-bond acceptors (Lipinski definition) is 1. The molecule has 0 aliphatic heterocycles. The molecule has 0 aliphatic carbocycles. The van der Waals surface area contributed by atoms with Crippen LogP contribution in [0.5, 0.6) is 5.75 Å². The Morgan fingerprint density at radius 2 is 1.94 bits per heavy atom. The lowest BCUT2D eigenvalue weighted by molar-refractivity contribution is 0.0980. The molecule has 0 N–H and O–H groups in total. The van der Waals surface area contributed by atoms with E-state index in [0.717, 1.165) is 24.8 Å². The van der Waals surface area contributed by atoms with E-state index in [4.69, 9.17) is 4.74 Å².